The molecule has 3 N–H and O–H groups in total. The normalized spacial score (nSPS) is 17.8. The van der Waals surface area contributed by atoms with E-state index in [-0.39, 0.29) is 6.10 Å². The number of hydrogen-bond acceptors (Lipinski definition) is 5. The zero-order valence-electron chi connectivity index (χ0n) is 9.10. The number of nitrogens with two attached hydrogens (primary N) is 1. The first-order valence-electron chi connectivity index (χ1n) is 5.23. The van der Waals surface area contributed by atoms with Crippen molar-refractivity contribution in [2.24, 2.45) is 0 Å². The van der Waals surface area contributed by atoms with Gasteiger partial charge in [0.15, 0.2) is 0 Å². The van der Waals surface area contributed by atoms with Gasteiger partial charge in [-0.1, -0.05) is 0 Å². The number of hydrogen-bond donors (Lipinski definition) is 2. The van der Waals surface area contributed by atoms with Gasteiger partial charge in [-0.2, -0.15) is 4.37 Å². The number of rotatable bonds is 4. The van der Waals surface area contributed by atoms with E-state index in [0.29, 0.717) is 18.3 Å². The number of nitrogens with zero attached hydrogens (tertiary/aromatic N) is 2. The minimum Gasteiger partial charge on any atom is -0.392 e. The molecule has 1 unspecified atom stereocenters. The Hall–Kier alpha value is -0.810. The molecule has 0 saturated heterocycles. The van der Waals surface area contributed by atoms with Crippen molar-refractivity contribution in [1.82, 2.24) is 4.37 Å². The van der Waals surface area contributed by atoms with Crippen molar-refractivity contribution in [2.75, 3.05) is 24.2 Å². The number of anilines is 2. The Balaban J connectivity index is 2.19. The first-order valence-corrected chi connectivity index (χ1v) is 6.01. The van der Waals surface area contributed by atoms with Gasteiger partial charge >= 0.3 is 0 Å². The van der Waals surface area contributed by atoms with E-state index in [4.69, 9.17) is 5.73 Å². The first kappa shape index (κ1) is 10.7. The highest BCUT2D eigenvalue weighted by molar-refractivity contribution is 7.10. The predicted octanol–water partition coefficient (Wildman–Crippen LogP) is 1.42. The summed E-state index contributed by atoms with van der Waals surface area (Å²) in [5.41, 5.74) is 7.06. The maximum atomic E-state index is 9.35. The summed E-state index contributed by atoms with van der Waals surface area (Å²) in [6.07, 6.45) is 2.11. The lowest BCUT2D eigenvalue weighted by Gasteiger charge is -2.20. The summed E-state index contributed by atoms with van der Waals surface area (Å²) in [6.45, 7) is 2.42. The highest BCUT2D eigenvalue weighted by Gasteiger charge is 2.31. The van der Waals surface area contributed by atoms with Crippen LogP contribution in [0, 0.1) is 0 Å². The van der Waals surface area contributed by atoms with Crippen molar-refractivity contribution >= 4 is 22.4 Å². The molecule has 0 radical (unpaired) electrons. The van der Waals surface area contributed by atoms with Gasteiger partial charge in [0.25, 0.3) is 0 Å². The van der Waals surface area contributed by atoms with E-state index in [1.54, 1.807) is 6.92 Å². The number of aliphatic hydroxyl groups excluding tert-OH is 1. The monoisotopic (exact) mass is 227 g/mol. The summed E-state index contributed by atoms with van der Waals surface area (Å²) in [4.78, 5) is 2.05. The third kappa shape index (κ3) is 2.23. The lowest BCUT2D eigenvalue weighted by molar-refractivity contribution is 0.202. The Morgan fingerprint density at radius 1 is 1.67 bits per heavy atom. The average Bonchev–Trinajstić information content (AvgIpc) is 2.89. The lowest BCUT2D eigenvalue weighted by atomic mass is 10.2. The summed E-state index contributed by atoms with van der Waals surface area (Å²) >= 11 is 1.43. The smallest absolute Gasteiger partial charge is 0.142 e. The lowest BCUT2D eigenvalue weighted by Crippen LogP contribution is -2.26. The molecule has 0 aromatic carbocycles. The Labute approximate surface area is 93.9 Å². The van der Waals surface area contributed by atoms with Crippen molar-refractivity contribution < 1.29 is 5.11 Å². The SMILES string of the molecule is CC(O)CN(C)c1snc(N)c1C1CC1. The van der Waals surface area contributed by atoms with Gasteiger partial charge in [0, 0.05) is 19.2 Å². The van der Waals surface area contributed by atoms with Gasteiger partial charge in [0.2, 0.25) is 0 Å². The molecule has 84 valence electrons. The Kier molecular flexibility index (Phi) is 2.84. The molecule has 0 aliphatic heterocycles. The van der Waals surface area contributed by atoms with Crippen LogP contribution in [-0.2, 0) is 0 Å². The van der Waals surface area contributed by atoms with Crippen molar-refractivity contribution in [1.29, 1.82) is 0 Å². The Bertz CT molecular complexity index is 346. The molecule has 1 heterocycles. The van der Waals surface area contributed by atoms with Crippen LogP contribution in [0.1, 0.15) is 31.2 Å². The fraction of sp³-hybridized carbons (Fsp3) is 0.700. The second-order valence-corrected chi connectivity index (χ2v) is 5.04. The van der Waals surface area contributed by atoms with E-state index in [1.807, 2.05) is 11.9 Å². The van der Waals surface area contributed by atoms with E-state index >= 15 is 0 Å². The van der Waals surface area contributed by atoms with Gasteiger partial charge < -0.3 is 15.7 Å². The third-order valence-corrected chi connectivity index (χ3v) is 3.60. The number of likely N-dealkylation sites (N-methyl/N-ethyl adjacent to an activating group) is 1. The molecule has 1 aliphatic carbocycles. The molecule has 2 rings (SSSR count). The van der Waals surface area contributed by atoms with E-state index < -0.39 is 0 Å². The van der Waals surface area contributed by atoms with Crippen molar-refractivity contribution in [2.45, 2.75) is 31.8 Å². The fourth-order valence-corrected chi connectivity index (χ4v) is 2.68. The van der Waals surface area contributed by atoms with Gasteiger partial charge in [-0.15, -0.1) is 0 Å². The highest BCUT2D eigenvalue weighted by atomic mass is 32.1. The summed E-state index contributed by atoms with van der Waals surface area (Å²) in [6, 6.07) is 0. The summed E-state index contributed by atoms with van der Waals surface area (Å²) in [7, 11) is 1.98. The van der Waals surface area contributed by atoms with E-state index in [1.165, 1.54) is 29.9 Å². The van der Waals surface area contributed by atoms with Gasteiger partial charge in [0.1, 0.15) is 10.8 Å². The van der Waals surface area contributed by atoms with Gasteiger partial charge in [0.05, 0.1) is 6.10 Å². The molecular formula is C10H17N3OS. The average molecular weight is 227 g/mol. The molecule has 1 aromatic rings. The predicted molar refractivity (Wildman–Crippen MR) is 63.5 cm³/mol. The van der Waals surface area contributed by atoms with E-state index in [2.05, 4.69) is 4.37 Å². The molecule has 5 heteroatoms. The van der Waals surface area contributed by atoms with Gasteiger partial charge in [-0.05, 0) is 37.2 Å². The van der Waals surface area contributed by atoms with Crippen LogP contribution in [-0.4, -0.2) is 29.2 Å². The quantitative estimate of drug-likeness (QED) is 0.816. The Morgan fingerprint density at radius 3 is 2.87 bits per heavy atom. The number of nitrogen functional groups attached to an aromatic ring is 1. The first-order chi connectivity index (χ1) is 7.09. The molecule has 1 saturated carbocycles. The van der Waals surface area contributed by atoms with Crippen LogP contribution in [0.2, 0.25) is 0 Å². The molecule has 1 atom stereocenters. The van der Waals surface area contributed by atoms with Crippen LogP contribution in [0.3, 0.4) is 0 Å². The Morgan fingerprint density at radius 2 is 2.33 bits per heavy atom. The third-order valence-electron chi connectivity index (χ3n) is 2.61. The second kappa shape index (κ2) is 3.98. The summed E-state index contributed by atoms with van der Waals surface area (Å²) < 4.78 is 4.20. The molecule has 0 spiro atoms. The molecule has 0 bridgehead atoms. The zero-order valence-corrected chi connectivity index (χ0v) is 9.92. The van der Waals surface area contributed by atoms with Crippen LogP contribution in [0.25, 0.3) is 0 Å². The number of aliphatic hydroxyl groups is 1. The van der Waals surface area contributed by atoms with Crippen LogP contribution in [0.4, 0.5) is 10.8 Å². The molecule has 0 amide bonds. The van der Waals surface area contributed by atoms with E-state index in [0.717, 1.165) is 5.00 Å². The molecule has 15 heavy (non-hydrogen) atoms. The number of aromatic nitrogens is 1. The molecular weight excluding hydrogens is 210 g/mol. The van der Waals surface area contributed by atoms with Crippen LogP contribution in [0.5, 0.6) is 0 Å². The maximum Gasteiger partial charge on any atom is 0.142 e. The minimum atomic E-state index is -0.328. The zero-order chi connectivity index (χ0) is 11.0. The highest BCUT2D eigenvalue weighted by Crippen LogP contribution is 2.48. The molecule has 4 nitrogen and oxygen atoms in total. The standard InChI is InChI=1S/C10H17N3OS/c1-6(14)5-13(2)10-8(7-3-4-7)9(11)12-15-10/h6-7,14H,3-5H2,1-2H3,(H2,11,12). The van der Waals surface area contributed by atoms with E-state index in [9.17, 15) is 5.11 Å². The fourth-order valence-electron chi connectivity index (χ4n) is 1.81. The van der Waals surface area contributed by atoms with Crippen LogP contribution >= 0.6 is 11.5 Å². The second-order valence-electron chi connectivity index (χ2n) is 4.29. The van der Waals surface area contributed by atoms with Gasteiger partial charge in [-0.3, -0.25) is 0 Å². The maximum absolute atomic E-state index is 9.35. The van der Waals surface area contributed by atoms with Crippen molar-refractivity contribution in [3.05, 3.63) is 5.56 Å². The minimum absolute atomic E-state index is 0.328. The van der Waals surface area contributed by atoms with Gasteiger partial charge in [-0.25, -0.2) is 0 Å². The topological polar surface area (TPSA) is 62.4 Å². The summed E-state index contributed by atoms with van der Waals surface area (Å²) in [5.74, 6) is 1.28. The molecule has 1 aliphatic rings. The largest absolute Gasteiger partial charge is 0.392 e. The molecule has 1 fully saturated rings. The summed E-state index contributed by atoms with van der Waals surface area (Å²) in [5, 5.41) is 10.5. The van der Waals surface area contributed by atoms with Crippen LogP contribution in [0.15, 0.2) is 0 Å². The molecule has 1 aromatic heterocycles. The van der Waals surface area contributed by atoms with Crippen molar-refractivity contribution in [3.63, 3.8) is 0 Å². The van der Waals surface area contributed by atoms with Crippen LogP contribution < -0.4 is 10.6 Å². The van der Waals surface area contributed by atoms with Crippen molar-refractivity contribution in [3.8, 4) is 0 Å².